The molecule has 0 amide bonds. The highest BCUT2D eigenvalue weighted by Gasteiger charge is 2.06. The zero-order valence-electron chi connectivity index (χ0n) is 14.0. The molecule has 0 fully saturated rings. The molecule has 6 heteroatoms. The number of aromatic carboxylic acids is 2. The monoisotopic (exact) mass is 324 g/mol. The number of aromatic nitrogens is 1. The number of pyridine rings is 1. The van der Waals surface area contributed by atoms with Crippen LogP contribution in [0.5, 0.6) is 0 Å². The number of carbonyl (C=O) groups is 2. The summed E-state index contributed by atoms with van der Waals surface area (Å²) >= 11 is 0. The molecule has 6 nitrogen and oxygen atoms in total. The Morgan fingerprint density at radius 1 is 1.04 bits per heavy atom. The average molecular weight is 324 g/mol. The predicted octanol–water partition coefficient (Wildman–Crippen LogP) is 3.56. The van der Waals surface area contributed by atoms with Crippen LogP contribution in [0.1, 0.15) is 79.6 Å². The van der Waals surface area contributed by atoms with Crippen molar-refractivity contribution in [2.45, 2.75) is 64.8 Å². The molecule has 0 aliphatic heterocycles. The van der Waals surface area contributed by atoms with Gasteiger partial charge < -0.3 is 15.9 Å². The lowest BCUT2D eigenvalue weighted by atomic mass is 10.0. The Labute approximate surface area is 137 Å². The molecule has 0 spiro atoms. The van der Waals surface area contributed by atoms with Gasteiger partial charge in [-0.2, -0.15) is 0 Å². The molecule has 0 saturated carbocycles. The van der Waals surface area contributed by atoms with Gasteiger partial charge in [0.05, 0.1) is 5.56 Å². The van der Waals surface area contributed by atoms with Gasteiger partial charge in [-0.3, -0.25) is 0 Å². The maximum absolute atomic E-state index is 10.3. The lowest BCUT2D eigenvalue weighted by molar-refractivity contribution is 0.0676. The average Bonchev–Trinajstić information content (AvgIpc) is 2.53. The molecule has 0 radical (unpaired) electrons. The van der Waals surface area contributed by atoms with E-state index in [1.54, 1.807) is 0 Å². The van der Waals surface area contributed by atoms with Gasteiger partial charge in [0.25, 0.3) is 0 Å². The van der Waals surface area contributed by atoms with E-state index in [0.29, 0.717) is 6.04 Å². The highest BCUT2D eigenvalue weighted by atomic mass is 16.4. The number of hydrogen-bond donors (Lipinski definition) is 3. The number of carboxylic acid groups (broad SMARTS) is 2. The van der Waals surface area contributed by atoms with E-state index in [4.69, 9.17) is 15.9 Å². The molecule has 1 unspecified atom stereocenters. The van der Waals surface area contributed by atoms with Crippen molar-refractivity contribution >= 4 is 11.9 Å². The van der Waals surface area contributed by atoms with Crippen LogP contribution < -0.4 is 5.73 Å². The van der Waals surface area contributed by atoms with Crippen LogP contribution in [0.3, 0.4) is 0 Å². The van der Waals surface area contributed by atoms with Crippen molar-refractivity contribution in [2.75, 3.05) is 0 Å². The molecule has 1 aromatic heterocycles. The van der Waals surface area contributed by atoms with E-state index in [1.165, 1.54) is 51.0 Å². The van der Waals surface area contributed by atoms with Gasteiger partial charge in [-0.1, -0.05) is 46.0 Å². The zero-order chi connectivity index (χ0) is 17.7. The second-order valence-electron chi connectivity index (χ2n) is 5.44. The van der Waals surface area contributed by atoms with Crippen molar-refractivity contribution in [3.63, 3.8) is 0 Å². The van der Waals surface area contributed by atoms with Gasteiger partial charge in [0.1, 0.15) is 5.69 Å². The SMILES string of the molecule is CCCCCC(N)CCCC.O=C(O)c1ccc(C(=O)O)nc1. The van der Waals surface area contributed by atoms with Crippen LogP contribution in [0.15, 0.2) is 18.3 Å². The second kappa shape index (κ2) is 12.6. The third-order valence-electron chi connectivity index (χ3n) is 3.34. The molecule has 130 valence electrons. The van der Waals surface area contributed by atoms with E-state index >= 15 is 0 Å². The Morgan fingerprint density at radius 3 is 2.09 bits per heavy atom. The summed E-state index contributed by atoms with van der Waals surface area (Å²) in [5, 5.41) is 16.8. The summed E-state index contributed by atoms with van der Waals surface area (Å²) in [7, 11) is 0. The third kappa shape index (κ3) is 10.4. The summed E-state index contributed by atoms with van der Waals surface area (Å²) in [5.74, 6) is -2.30. The zero-order valence-corrected chi connectivity index (χ0v) is 14.0. The number of nitrogens with two attached hydrogens (primary N) is 1. The van der Waals surface area contributed by atoms with Gasteiger partial charge in [-0.25, -0.2) is 14.6 Å². The van der Waals surface area contributed by atoms with Crippen molar-refractivity contribution in [1.29, 1.82) is 0 Å². The quantitative estimate of drug-likeness (QED) is 0.598. The van der Waals surface area contributed by atoms with Crippen molar-refractivity contribution in [3.05, 3.63) is 29.6 Å². The first-order valence-electron chi connectivity index (χ1n) is 8.10. The Balaban J connectivity index is 0.000000423. The van der Waals surface area contributed by atoms with Crippen molar-refractivity contribution in [1.82, 2.24) is 4.98 Å². The van der Waals surface area contributed by atoms with Crippen LogP contribution in [0.4, 0.5) is 0 Å². The van der Waals surface area contributed by atoms with Gasteiger partial charge in [-0.05, 0) is 25.0 Å². The lowest BCUT2D eigenvalue weighted by Gasteiger charge is -2.09. The maximum atomic E-state index is 10.3. The third-order valence-corrected chi connectivity index (χ3v) is 3.34. The van der Waals surface area contributed by atoms with Crippen molar-refractivity contribution in [3.8, 4) is 0 Å². The van der Waals surface area contributed by atoms with Gasteiger partial charge in [0.15, 0.2) is 0 Å². The Hall–Kier alpha value is -1.95. The van der Waals surface area contributed by atoms with Gasteiger partial charge in [0.2, 0.25) is 0 Å². The van der Waals surface area contributed by atoms with E-state index in [0.717, 1.165) is 12.3 Å². The van der Waals surface area contributed by atoms with Crippen molar-refractivity contribution in [2.24, 2.45) is 5.73 Å². The molecule has 0 saturated heterocycles. The number of hydrogen-bond acceptors (Lipinski definition) is 4. The topological polar surface area (TPSA) is 114 Å². The van der Waals surface area contributed by atoms with Crippen LogP contribution >= 0.6 is 0 Å². The maximum Gasteiger partial charge on any atom is 0.354 e. The summed E-state index contributed by atoms with van der Waals surface area (Å²) in [4.78, 5) is 24.0. The molecule has 1 aromatic rings. The van der Waals surface area contributed by atoms with Crippen LogP contribution in [0.25, 0.3) is 0 Å². The largest absolute Gasteiger partial charge is 0.478 e. The van der Waals surface area contributed by atoms with Gasteiger partial charge >= 0.3 is 11.9 Å². The summed E-state index contributed by atoms with van der Waals surface area (Å²) < 4.78 is 0. The van der Waals surface area contributed by atoms with Crippen LogP contribution in [0, 0.1) is 0 Å². The summed E-state index contributed by atoms with van der Waals surface area (Å²) in [5.41, 5.74) is 5.71. The Bertz CT molecular complexity index is 427. The Kier molecular flexibility index (Phi) is 11.5. The van der Waals surface area contributed by atoms with Crippen molar-refractivity contribution < 1.29 is 19.8 Å². The smallest absolute Gasteiger partial charge is 0.354 e. The number of rotatable bonds is 9. The first kappa shape index (κ1) is 21.0. The number of unbranched alkanes of at least 4 members (excludes halogenated alkanes) is 3. The minimum Gasteiger partial charge on any atom is -0.478 e. The molecular formula is C17H28N2O4. The highest BCUT2D eigenvalue weighted by molar-refractivity contribution is 5.89. The van der Waals surface area contributed by atoms with E-state index in [-0.39, 0.29) is 11.3 Å². The molecule has 23 heavy (non-hydrogen) atoms. The number of carboxylic acids is 2. The predicted molar refractivity (Wildman–Crippen MR) is 89.8 cm³/mol. The minimum absolute atomic E-state index is 0.0278. The summed E-state index contributed by atoms with van der Waals surface area (Å²) in [6.45, 7) is 4.45. The fourth-order valence-corrected chi connectivity index (χ4v) is 1.91. The normalized spacial score (nSPS) is 11.3. The molecule has 1 heterocycles. The number of nitrogens with zero attached hydrogens (tertiary/aromatic N) is 1. The Morgan fingerprint density at radius 2 is 1.65 bits per heavy atom. The molecule has 0 aromatic carbocycles. The van der Waals surface area contributed by atoms with E-state index in [1.807, 2.05) is 0 Å². The van der Waals surface area contributed by atoms with Crippen LogP contribution in [0.2, 0.25) is 0 Å². The van der Waals surface area contributed by atoms with E-state index < -0.39 is 11.9 Å². The molecule has 1 rings (SSSR count). The second-order valence-corrected chi connectivity index (χ2v) is 5.44. The fourth-order valence-electron chi connectivity index (χ4n) is 1.91. The van der Waals surface area contributed by atoms with E-state index in [9.17, 15) is 9.59 Å². The standard InChI is InChI=1S/C10H23N.C7H5NO4/c1-3-5-7-9-10(11)8-6-4-2;9-6(10)4-1-2-5(7(11)12)8-3-4/h10H,3-9,11H2,1-2H3;1-3H,(H,9,10)(H,11,12). The van der Waals surface area contributed by atoms with Crippen LogP contribution in [-0.4, -0.2) is 33.2 Å². The summed E-state index contributed by atoms with van der Waals surface area (Å²) in [6.07, 6.45) is 10.0. The fraction of sp³-hybridized carbons (Fsp3) is 0.588. The van der Waals surface area contributed by atoms with E-state index in [2.05, 4.69) is 18.8 Å². The molecular weight excluding hydrogens is 296 g/mol. The lowest BCUT2D eigenvalue weighted by Crippen LogP contribution is -2.19. The molecule has 0 bridgehead atoms. The molecule has 0 aliphatic carbocycles. The summed E-state index contributed by atoms with van der Waals surface area (Å²) in [6, 6.07) is 2.81. The molecule has 0 aliphatic rings. The van der Waals surface area contributed by atoms with Crippen LogP contribution in [-0.2, 0) is 0 Å². The molecule has 4 N–H and O–H groups in total. The minimum atomic E-state index is -1.17. The highest BCUT2D eigenvalue weighted by Crippen LogP contribution is 2.07. The first-order chi connectivity index (χ1) is 10.9. The van der Waals surface area contributed by atoms with Gasteiger partial charge in [0, 0.05) is 12.2 Å². The molecule has 1 atom stereocenters. The first-order valence-corrected chi connectivity index (χ1v) is 8.10. The van der Waals surface area contributed by atoms with Gasteiger partial charge in [-0.15, -0.1) is 0 Å².